The first-order chi connectivity index (χ1) is 18.0. The van der Waals surface area contributed by atoms with E-state index in [2.05, 4.69) is 25.1 Å². The van der Waals surface area contributed by atoms with Crippen LogP contribution in [0.15, 0.2) is 53.3 Å². The van der Waals surface area contributed by atoms with Gasteiger partial charge < -0.3 is 20.9 Å². The zero-order valence-corrected chi connectivity index (χ0v) is 20.7. The molecule has 1 amide bonds. The summed E-state index contributed by atoms with van der Waals surface area (Å²) in [6, 6.07) is 11.9. The number of aromatic amines is 1. The fourth-order valence-electron chi connectivity index (χ4n) is 3.38. The van der Waals surface area contributed by atoms with E-state index in [0.29, 0.717) is 23.2 Å². The molecule has 2 aromatic heterocycles. The molecule has 5 N–H and O–H groups in total. The normalized spacial score (nSPS) is 11.3. The third-order valence-corrected chi connectivity index (χ3v) is 5.43. The zero-order chi connectivity index (χ0) is 28.0. The van der Waals surface area contributed by atoms with E-state index >= 15 is 0 Å². The maximum absolute atomic E-state index is 12.6. The Bertz CT molecular complexity index is 1550. The second kappa shape index (κ2) is 11.9. The average molecular weight is 525 g/mol. The summed E-state index contributed by atoms with van der Waals surface area (Å²) in [5.74, 6) is -2.88. The molecular formula is C25H25FN6O6. The molecule has 2 aromatic carbocycles. The van der Waals surface area contributed by atoms with Crippen LogP contribution < -0.4 is 16.7 Å². The van der Waals surface area contributed by atoms with Crippen molar-refractivity contribution in [2.75, 3.05) is 7.11 Å². The zero-order valence-electron chi connectivity index (χ0n) is 20.7. The van der Waals surface area contributed by atoms with Gasteiger partial charge in [-0.2, -0.15) is 4.98 Å². The number of fused-ring (bicyclic) bond motifs is 1. The molecule has 198 valence electrons. The second-order valence-corrected chi connectivity index (χ2v) is 8.09. The van der Waals surface area contributed by atoms with Crippen LogP contribution >= 0.6 is 0 Å². The minimum absolute atomic E-state index is 0.169. The minimum Gasteiger partial charge on any atom is -0.477 e. The molecule has 0 radical (unpaired) electrons. The number of hydrogen-bond donors (Lipinski definition) is 4. The molecule has 12 nitrogen and oxygen atoms in total. The topological polar surface area (TPSA) is 182 Å². The summed E-state index contributed by atoms with van der Waals surface area (Å²) in [7, 11) is 1.28. The van der Waals surface area contributed by atoms with Gasteiger partial charge in [-0.25, -0.2) is 33.4 Å². The number of amides is 1. The number of aromatic carboxylic acids is 1. The molecule has 0 aliphatic rings. The summed E-state index contributed by atoms with van der Waals surface area (Å²) in [6.07, 6.45) is 0. The Kier molecular flexibility index (Phi) is 8.65. The monoisotopic (exact) mass is 524 g/mol. The third-order valence-electron chi connectivity index (χ3n) is 5.43. The van der Waals surface area contributed by atoms with Crippen LogP contribution in [0, 0.1) is 12.7 Å². The van der Waals surface area contributed by atoms with Crippen molar-refractivity contribution in [3.8, 4) is 0 Å². The highest BCUT2D eigenvalue weighted by Crippen LogP contribution is 2.15. The smallest absolute Gasteiger partial charge is 0.363 e. The highest BCUT2D eigenvalue weighted by atomic mass is 19.1. The Balaban J connectivity index is 0.000000336. The predicted molar refractivity (Wildman–Crippen MR) is 133 cm³/mol. The molecule has 0 aliphatic heterocycles. The molecule has 0 bridgehead atoms. The molecule has 2 heterocycles. The lowest BCUT2D eigenvalue weighted by Crippen LogP contribution is -2.28. The van der Waals surface area contributed by atoms with Gasteiger partial charge in [0.2, 0.25) is 0 Å². The van der Waals surface area contributed by atoms with Crippen molar-refractivity contribution in [2.45, 2.75) is 26.4 Å². The van der Waals surface area contributed by atoms with E-state index in [1.807, 2.05) is 0 Å². The Morgan fingerprint density at radius 2 is 1.84 bits per heavy atom. The number of halogens is 1. The largest absolute Gasteiger partial charge is 0.477 e. The summed E-state index contributed by atoms with van der Waals surface area (Å²) < 4.78 is 18.1. The number of methoxy groups -OCH3 is 1. The Morgan fingerprint density at radius 1 is 1.16 bits per heavy atom. The minimum atomic E-state index is -1.36. The number of nitrogens with zero attached hydrogens (tertiary/aromatic N) is 3. The number of aromatic nitrogens is 4. The van der Waals surface area contributed by atoms with Crippen LogP contribution in [0.4, 0.5) is 4.39 Å². The van der Waals surface area contributed by atoms with Gasteiger partial charge in [-0.1, -0.05) is 24.3 Å². The van der Waals surface area contributed by atoms with Crippen LogP contribution in [0.25, 0.3) is 5.78 Å². The van der Waals surface area contributed by atoms with Crippen molar-refractivity contribution in [2.24, 2.45) is 5.73 Å². The number of H-pyrrole nitrogens is 1. The number of benzene rings is 2. The maximum Gasteiger partial charge on any atom is 0.363 e. The third kappa shape index (κ3) is 6.44. The molecule has 4 rings (SSSR count). The van der Waals surface area contributed by atoms with Crippen LogP contribution in [-0.2, 0) is 11.3 Å². The molecule has 0 fully saturated rings. The quantitative estimate of drug-likeness (QED) is 0.274. The van der Waals surface area contributed by atoms with E-state index in [1.165, 1.54) is 13.2 Å². The van der Waals surface area contributed by atoms with Gasteiger partial charge in [0, 0.05) is 12.6 Å². The molecular weight excluding hydrogens is 499 g/mol. The number of carboxylic acid groups (broad SMARTS) is 1. The van der Waals surface area contributed by atoms with E-state index in [1.54, 1.807) is 50.2 Å². The number of hydrogen-bond acceptors (Lipinski definition) is 8. The molecule has 0 aliphatic carbocycles. The van der Waals surface area contributed by atoms with Crippen LogP contribution in [-0.4, -0.2) is 49.6 Å². The molecule has 0 unspecified atom stereocenters. The van der Waals surface area contributed by atoms with Gasteiger partial charge in [0.1, 0.15) is 11.5 Å². The standard InChI is InChI=1S/C17H15N5O6.C8H10FN/c1-8(9-3-5-10(6-4-9)15(26)28-2)18-13(23)11-7-12(14(24)25)22-16(19-11)20-17(27)21-22;1-6-4-7(5-10)2-3-8(6)9/h3-8H,1-2H3,(H,18,23)(H,21,27)(H,24,25);2-4H,5,10H2,1H3/t8-;/m0./s1. The Morgan fingerprint density at radius 3 is 2.42 bits per heavy atom. The van der Waals surface area contributed by atoms with E-state index < -0.39 is 29.6 Å². The first-order valence-corrected chi connectivity index (χ1v) is 11.2. The van der Waals surface area contributed by atoms with Gasteiger partial charge in [0.05, 0.1) is 18.7 Å². The first kappa shape index (κ1) is 27.7. The fraction of sp³-hybridized carbons (Fsp3) is 0.200. The number of nitrogens with two attached hydrogens (primary N) is 1. The van der Waals surface area contributed by atoms with Gasteiger partial charge in [0.15, 0.2) is 5.69 Å². The van der Waals surface area contributed by atoms with Gasteiger partial charge in [-0.3, -0.25) is 4.79 Å². The summed E-state index contributed by atoms with van der Waals surface area (Å²) in [6.45, 7) is 3.91. The van der Waals surface area contributed by atoms with Crippen molar-refractivity contribution in [1.29, 1.82) is 0 Å². The van der Waals surface area contributed by atoms with E-state index in [-0.39, 0.29) is 23.0 Å². The second-order valence-electron chi connectivity index (χ2n) is 8.09. The summed E-state index contributed by atoms with van der Waals surface area (Å²) >= 11 is 0. The number of carbonyl (C=O) groups is 3. The molecule has 0 saturated carbocycles. The number of esters is 1. The van der Waals surface area contributed by atoms with Crippen molar-refractivity contribution in [1.82, 2.24) is 24.9 Å². The number of rotatable bonds is 6. The van der Waals surface area contributed by atoms with Gasteiger partial charge >= 0.3 is 17.6 Å². The van der Waals surface area contributed by atoms with Crippen LogP contribution in [0.1, 0.15) is 61.0 Å². The fourth-order valence-corrected chi connectivity index (χ4v) is 3.38. The number of carboxylic acids is 1. The average Bonchev–Trinajstić information content (AvgIpc) is 3.29. The van der Waals surface area contributed by atoms with Crippen LogP contribution in [0.2, 0.25) is 0 Å². The Labute approximate surface area is 215 Å². The molecule has 0 saturated heterocycles. The van der Waals surface area contributed by atoms with Crippen molar-refractivity contribution >= 4 is 23.6 Å². The van der Waals surface area contributed by atoms with Crippen molar-refractivity contribution < 1.29 is 28.6 Å². The van der Waals surface area contributed by atoms with E-state index in [0.717, 1.165) is 16.1 Å². The van der Waals surface area contributed by atoms with Crippen molar-refractivity contribution in [3.05, 3.63) is 98.5 Å². The summed E-state index contributed by atoms with van der Waals surface area (Å²) in [5, 5.41) is 14.2. The highest BCUT2D eigenvalue weighted by Gasteiger charge is 2.19. The van der Waals surface area contributed by atoms with Crippen molar-refractivity contribution in [3.63, 3.8) is 0 Å². The van der Waals surface area contributed by atoms with Crippen LogP contribution in [0.5, 0.6) is 0 Å². The SMILES string of the molecule is COC(=O)c1ccc([C@H](C)NC(=O)c2cc(C(=O)O)n3[nH]c(=O)nc3n2)cc1.Cc1cc(CN)ccc1F. The lowest BCUT2D eigenvalue weighted by atomic mass is 10.1. The summed E-state index contributed by atoms with van der Waals surface area (Å²) in [5.41, 5.74) is 6.69. The molecule has 38 heavy (non-hydrogen) atoms. The van der Waals surface area contributed by atoms with Gasteiger partial charge in [0.25, 0.3) is 11.7 Å². The predicted octanol–water partition coefficient (Wildman–Crippen LogP) is 1.99. The lowest BCUT2D eigenvalue weighted by molar-refractivity contribution is 0.0599. The van der Waals surface area contributed by atoms with Crippen LogP contribution in [0.3, 0.4) is 0 Å². The molecule has 0 spiro atoms. The molecule has 13 heteroatoms. The number of nitrogens with one attached hydrogen (secondary N) is 2. The highest BCUT2D eigenvalue weighted by molar-refractivity contribution is 5.96. The number of aryl methyl sites for hydroxylation is 1. The number of carbonyl (C=O) groups excluding carboxylic acids is 2. The molecule has 1 atom stereocenters. The Hall–Kier alpha value is -4.91. The lowest BCUT2D eigenvalue weighted by Gasteiger charge is -2.14. The molecule has 4 aromatic rings. The van der Waals surface area contributed by atoms with Gasteiger partial charge in [-0.15, -0.1) is 0 Å². The first-order valence-electron chi connectivity index (χ1n) is 11.2. The number of ether oxygens (including phenoxy) is 1. The van der Waals surface area contributed by atoms with E-state index in [4.69, 9.17) is 5.73 Å². The van der Waals surface area contributed by atoms with Gasteiger partial charge in [-0.05, 0) is 48.7 Å². The van der Waals surface area contributed by atoms with E-state index in [9.17, 15) is 28.7 Å². The maximum atomic E-state index is 12.6. The summed E-state index contributed by atoms with van der Waals surface area (Å²) in [4.78, 5) is 54.2.